The molecule has 4 aliphatic rings. The van der Waals surface area contributed by atoms with Crippen molar-refractivity contribution in [2.45, 2.75) is 38.1 Å². The highest BCUT2D eigenvalue weighted by Gasteiger charge is 2.44. The van der Waals surface area contributed by atoms with Crippen molar-refractivity contribution in [3.63, 3.8) is 0 Å². The molecule has 1 aromatic carbocycles. The molecule has 2 unspecified atom stereocenters. The molecule has 0 aliphatic carbocycles. The molecule has 6 nitrogen and oxygen atoms in total. The third-order valence-electron chi connectivity index (χ3n) is 7.63. The molecule has 1 aromatic heterocycles. The summed E-state index contributed by atoms with van der Waals surface area (Å²) in [4.78, 5) is 36.5. The average Bonchev–Trinajstić information content (AvgIpc) is 3.24. The number of fused-ring (bicyclic) bond motifs is 5. The molecule has 5 heterocycles. The van der Waals surface area contributed by atoms with E-state index in [-0.39, 0.29) is 5.91 Å². The molecule has 2 bridgehead atoms. The standard InChI is InChI=1S/C25H28N4O2/c30-24-7-3-6-22-20-12-17(15-29(22)24)14-27(16-20)23-9-8-19(13-26-23)25(31)28-11-10-18-4-1-2-5-21(18)28/h1-2,4-5,8-9,13,17,20,22H,3,6-7,10-12,14-16H2/t17?,20?,22-/m1/s1. The van der Waals surface area contributed by atoms with E-state index in [0.717, 1.165) is 63.4 Å². The Labute approximate surface area is 182 Å². The minimum atomic E-state index is 0.0240. The van der Waals surface area contributed by atoms with Crippen LogP contribution in [0.25, 0.3) is 0 Å². The predicted molar refractivity (Wildman–Crippen MR) is 119 cm³/mol. The summed E-state index contributed by atoms with van der Waals surface area (Å²) in [5.41, 5.74) is 2.89. The van der Waals surface area contributed by atoms with E-state index in [2.05, 4.69) is 15.9 Å². The van der Waals surface area contributed by atoms with Crippen molar-refractivity contribution in [3.8, 4) is 0 Å². The highest BCUT2D eigenvalue weighted by atomic mass is 16.2. The van der Waals surface area contributed by atoms with Crippen LogP contribution in [0.5, 0.6) is 0 Å². The number of aromatic nitrogens is 1. The molecule has 0 spiro atoms. The summed E-state index contributed by atoms with van der Waals surface area (Å²) in [5.74, 6) is 2.37. The van der Waals surface area contributed by atoms with Crippen LogP contribution in [0, 0.1) is 11.8 Å². The fraction of sp³-hybridized carbons (Fsp3) is 0.480. The molecule has 160 valence electrons. The number of amides is 2. The number of carbonyl (C=O) groups is 2. The van der Waals surface area contributed by atoms with E-state index in [4.69, 9.17) is 4.98 Å². The van der Waals surface area contributed by atoms with E-state index >= 15 is 0 Å². The first-order valence-electron chi connectivity index (χ1n) is 11.6. The molecule has 31 heavy (non-hydrogen) atoms. The van der Waals surface area contributed by atoms with Crippen molar-refractivity contribution in [2.75, 3.05) is 36.0 Å². The molecule has 3 atom stereocenters. The number of anilines is 2. The van der Waals surface area contributed by atoms with Gasteiger partial charge in [-0.1, -0.05) is 18.2 Å². The number of para-hydroxylation sites is 1. The predicted octanol–water partition coefficient (Wildman–Crippen LogP) is 3.12. The Kier molecular flexibility index (Phi) is 4.47. The summed E-state index contributed by atoms with van der Waals surface area (Å²) < 4.78 is 0. The van der Waals surface area contributed by atoms with Gasteiger partial charge in [-0.25, -0.2) is 4.98 Å². The summed E-state index contributed by atoms with van der Waals surface area (Å²) in [5, 5.41) is 0. The van der Waals surface area contributed by atoms with Crippen LogP contribution in [-0.4, -0.2) is 53.9 Å². The Bertz CT molecular complexity index is 1020. The zero-order valence-electron chi connectivity index (χ0n) is 17.7. The largest absolute Gasteiger partial charge is 0.356 e. The molecular weight excluding hydrogens is 388 g/mol. The topological polar surface area (TPSA) is 56.8 Å². The Morgan fingerprint density at radius 1 is 1.03 bits per heavy atom. The third-order valence-corrected chi connectivity index (χ3v) is 7.63. The number of benzene rings is 1. The first-order chi connectivity index (χ1) is 15.2. The quantitative estimate of drug-likeness (QED) is 0.755. The minimum absolute atomic E-state index is 0.0240. The molecule has 3 saturated heterocycles. The molecule has 0 radical (unpaired) electrons. The maximum absolute atomic E-state index is 13.1. The summed E-state index contributed by atoms with van der Waals surface area (Å²) >= 11 is 0. The minimum Gasteiger partial charge on any atom is -0.356 e. The normalized spacial score (nSPS) is 27.2. The van der Waals surface area contributed by atoms with Gasteiger partial charge in [0.15, 0.2) is 0 Å². The van der Waals surface area contributed by atoms with E-state index in [0.29, 0.717) is 29.3 Å². The number of nitrogens with zero attached hydrogens (tertiary/aromatic N) is 4. The van der Waals surface area contributed by atoms with E-state index in [1.165, 1.54) is 12.0 Å². The fourth-order valence-electron chi connectivity index (χ4n) is 6.20. The first-order valence-corrected chi connectivity index (χ1v) is 11.6. The molecule has 0 N–H and O–H groups in total. The van der Waals surface area contributed by atoms with Gasteiger partial charge in [-0.2, -0.15) is 0 Å². The first kappa shape index (κ1) is 18.8. The monoisotopic (exact) mass is 416 g/mol. The van der Waals surface area contributed by atoms with Crippen LogP contribution in [0.2, 0.25) is 0 Å². The number of carbonyl (C=O) groups excluding carboxylic acids is 2. The lowest BCUT2D eigenvalue weighted by atomic mass is 9.76. The van der Waals surface area contributed by atoms with Crippen molar-refractivity contribution in [1.82, 2.24) is 9.88 Å². The van der Waals surface area contributed by atoms with Crippen molar-refractivity contribution < 1.29 is 9.59 Å². The van der Waals surface area contributed by atoms with Crippen LogP contribution in [0.3, 0.4) is 0 Å². The highest BCUT2D eigenvalue weighted by molar-refractivity contribution is 6.07. The van der Waals surface area contributed by atoms with E-state index in [9.17, 15) is 9.59 Å². The van der Waals surface area contributed by atoms with Gasteiger partial charge in [0.2, 0.25) is 5.91 Å². The molecule has 2 amide bonds. The zero-order chi connectivity index (χ0) is 20.9. The second kappa shape index (κ2) is 7.36. The smallest absolute Gasteiger partial charge is 0.259 e. The van der Waals surface area contributed by atoms with E-state index in [1.807, 2.05) is 35.2 Å². The lowest BCUT2D eigenvalue weighted by Gasteiger charge is -2.52. The molecule has 3 fully saturated rings. The lowest BCUT2D eigenvalue weighted by Crippen LogP contribution is -2.60. The third kappa shape index (κ3) is 3.20. The number of rotatable bonds is 2. The molecule has 0 saturated carbocycles. The number of hydrogen-bond acceptors (Lipinski definition) is 4. The molecule has 6 rings (SSSR count). The number of piperidine rings is 3. The van der Waals surface area contributed by atoms with Crippen LogP contribution >= 0.6 is 0 Å². The number of pyridine rings is 1. The summed E-state index contributed by atoms with van der Waals surface area (Å²) in [6, 6.07) is 12.5. The van der Waals surface area contributed by atoms with Crippen molar-refractivity contribution in [3.05, 3.63) is 53.7 Å². The van der Waals surface area contributed by atoms with Gasteiger partial charge in [-0.15, -0.1) is 0 Å². The fourth-order valence-corrected chi connectivity index (χ4v) is 6.20. The molecule has 6 heteroatoms. The zero-order valence-corrected chi connectivity index (χ0v) is 17.7. The molecule has 2 aromatic rings. The van der Waals surface area contributed by atoms with Crippen LogP contribution in [-0.2, 0) is 11.2 Å². The van der Waals surface area contributed by atoms with E-state index < -0.39 is 0 Å². The Morgan fingerprint density at radius 3 is 2.81 bits per heavy atom. The Balaban J connectivity index is 1.18. The lowest BCUT2D eigenvalue weighted by molar-refractivity contribution is -0.142. The molecule has 4 aliphatic heterocycles. The van der Waals surface area contributed by atoms with E-state index in [1.54, 1.807) is 6.20 Å². The van der Waals surface area contributed by atoms with Crippen molar-refractivity contribution in [1.29, 1.82) is 0 Å². The maximum atomic E-state index is 13.1. The van der Waals surface area contributed by atoms with Crippen LogP contribution < -0.4 is 9.80 Å². The molecular formula is C25H28N4O2. The number of hydrogen-bond donors (Lipinski definition) is 0. The van der Waals surface area contributed by atoms with Crippen LogP contribution in [0.1, 0.15) is 41.6 Å². The highest BCUT2D eigenvalue weighted by Crippen LogP contribution is 2.39. The van der Waals surface area contributed by atoms with Crippen LogP contribution in [0.4, 0.5) is 11.5 Å². The Hall–Kier alpha value is -2.89. The maximum Gasteiger partial charge on any atom is 0.259 e. The van der Waals surface area contributed by atoms with Gasteiger partial charge in [0.25, 0.3) is 5.91 Å². The SMILES string of the molecule is O=C(c1ccc(N2CC3CC(C2)[C@H]2CCCC(=O)N2C3)nc1)N1CCc2ccccc21. The van der Waals surface area contributed by atoms with Gasteiger partial charge < -0.3 is 14.7 Å². The van der Waals surface area contributed by atoms with Gasteiger partial charge in [0.05, 0.1) is 5.56 Å². The van der Waals surface area contributed by atoms with Gasteiger partial charge >= 0.3 is 0 Å². The average molecular weight is 417 g/mol. The summed E-state index contributed by atoms with van der Waals surface area (Å²) in [6.45, 7) is 3.50. The van der Waals surface area contributed by atoms with Gasteiger partial charge in [0, 0.05) is 50.5 Å². The van der Waals surface area contributed by atoms with Gasteiger partial charge in [-0.05, 0) is 61.3 Å². The van der Waals surface area contributed by atoms with Crippen molar-refractivity contribution >= 4 is 23.3 Å². The Morgan fingerprint density at radius 2 is 1.94 bits per heavy atom. The summed E-state index contributed by atoms with van der Waals surface area (Å²) in [6.07, 6.45) is 6.74. The van der Waals surface area contributed by atoms with Gasteiger partial charge in [0.1, 0.15) is 5.82 Å². The van der Waals surface area contributed by atoms with Crippen LogP contribution in [0.15, 0.2) is 42.6 Å². The van der Waals surface area contributed by atoms with Crippen molar-refractivity contribution in [2.24, 2.45) is 11.8 Å². The second-order valence-corrected chi connectivity index (χ2v) is 9.51. The summed E-state index contributed by atoms with van der Waals surface area (Å²) in [7, 11) is 0. The second-order valence-electron chi connectivity index (χ2n) is 9.51. The van der Waals surface area contributed by atoms with Gasteiger partial charge in [-0.3, -0.25) is 9.59 Å².